The zero-order chi connectivity index (χ0) is 15.3. The number of benzene rings is 1. The average molecular weight is 298 g/mol. The number of hydrogen-bond donors (Lipinski definition) is 0. The maximum absolute atomic E-state index is 12.8. The minimum Gasteiger partial charge on any atom is -0.332 e. The van der Waals surface area contributed by atoms with Crippen LogP contribution < -0.4 is 0 Å². The van der Waals surface area contributed by atoms with Gasteiger partial charge >= 0.3 is 0 Å². The summed E-state index contributed by atoms with van der Waals surface area (Å²) in [5, 5.41) is 5.68. The van der Waals surface area contributed by atoms with E-state index < -0.39 is 0 Å². The standard InChI is InChI=1S/C17H22N4O/c1-19-8-6-12(7-9-19)10-21-11-14-16-13(17(21)22)4-3-5-15(16)20(2)18-14/h3-5,12H,6-11H2,1-2H3. The Kier molecular flexibility index (Phi) is 3.18. The van der Waals surface area contributed by atoms with Crippen LogP contribution in [0.5, 0.6) is 0 Å². The van der Waals surface area contributed by atoms with E-state index in [0.29, 0.717) is 12.5 Å². The summed E-state index contributed by atoms with van der Waals surface area (Å²) in [6.45, 7) is 3.78. The van der Waals surface area contributed by atoms with Crippen LogP contribution in [0.3, 0.4) is 0 Å². The predicted molar refractivity (Wildman–Crippen MR) is 85.7 cm³/mol. The molecule has 2 aliphatic heterocycles. The highest BCUT2D eigenvalue weighted by molar-refractivity contribution is 6.09. The lowest BCUT2D eigenvalue weighted by atomic mass is 9.94. The Morgan fingerprint density at radius 2 is 2.00 bits per heavy atom. The molecule has 4 rings (SSSR count). The number of aromatic nitrogens is 2. The van der Waals surface area contributed by atoms with Crippen molar-refractivity contribution in [1.29, 1.82) is 0 Å². The molecule has 0 radical (unpaired) electrons. The van der Waals surface area contributed by atoms with Crippen LogP contribution in [0.15, 0.2) is 18.2 Å². The first kappa shape index (κ1) is 13.8. The molecular formula is C17H22N4O. The second-order valence-corrected chi connectivity index (χ2v) is 6.70. The quantitative estimate of drug-likeness (QED) is 0.850. The summed E-state index contributed by atoms with van der Waals surface area (Å²) in [4.78, 5) is 17.2. The van der Waals surface area contributed by atoms with E-state index >= 15 is 0 Å². The van der Waals surface area contributed by atoms with Crippen molar-refractivity contribution < 1.29 is 4.79 Å². The van der Waals surface area contributed by atoms with Crippen LogP contribution in [-0.2, 0) is 13.6 Å². The lowest BCUT2D eigenvalue weighted by Gasteiger charge is -2.34. The Hall–Kier alpha value is -1.88. The van der Waals surface area contributed by atoms with Crippen molar-refractivity contribution in [3.63, 3.8) is 0 Å². The number of carbonyl (C=O) groups is 1. The van der Waals surface area contributed by atoms with Gasteiger partial charge in [0.05, 0.1) is 23.3 Å². The van der Waals surface area contributed by atoms with Gasteiger partial charge in [-0.1, -0.05) is 6.07 Å². The largest absolute Gasteiger partial charge is 0.332 e. The monoisotopic (exact) mass is 298 g/mol. The number of nitrogens with zero attached hydrogens (tertiary/aromatic N) is 4. The summed E-state index contributed by atoms with van der Waals surface area (Å²) in [5.74, 6) is 0.787. The van der Waals surface area contributed by atoms with E-state index in [1.165, 1.54) is 12.8 Å². The van der Waals surface area contributed by atoms with E-state index in [0.717, 1.165) is 41.8 Å². The molecule has 3 heterocycles. The fourth-order valence-electron chi connectivity index (χ4n) is 3.81. The van der Waals surface area contributed by atoms with E-state index in [1.54, 1.807) is 0 Å². The van der Waals surface area contributed by atoms with Crippen molar-refractivity contribution in [3.8, 4) is 0 Å². The Balaban J connectivity index is 1.61. The molecule has 0 spiro atoms. The lowest BCUT2D eigenvalue weighted by molar-refractivity contribution is 0.0674. The van der Waals surface area contributed by atoms with Crippen LogP contribution in [0.25, 0.3) is 10.9 Å². The van der Waals surface area contributed by atoms with Crippen molar-refractivity contribution >= 4 is 16.8 Å². The molecule has 0 saturated carbocycles. The molecule has 0 bridgehead atoms. The second-order valence-electron chi connectivity index (χ2n) is 6.70. The van der Waals surface area contributed by atoms with Crippen LogP contribution in [0.2, 0.25) is 0 Å². The summed E-state index contributed by atoms with van der Waals surface area (Å²) >= 11 is 0. The third-order valence-electron chi connectivity index (χ3n) is 5.13. The fraction of sp³-hybridized carbons (Fsp3) is 0.529. The van der Waals surface area contributed by atoms with E-state index in [4.69, 9.17) is 0 Å². The molecule has 1 amide bonds. The van der Waals surface area contributed by atoms with Gasteiger partial charge in [-0.3, -0.25) is 9.48 Å². The van der Waals surface area contributed by atoms with Gasteiger partial charge in [-0.15, -0.1) is 0 Å². The lowest BCUT2D eigenvalue weighted by Crippen LogP contribution is -2.41. The van der Waals surface area contributed by atoms with Crippen molar-refractivity contribution in [1.82, 2.24) is 19.6 Å². The van der Waals surface area contributed by atoms with Crippen LogP contribution in [0.1, 0.15) is 28.9 Å². The van der Waals surface area contributed by atoms with Gasteiger partial charge in [0.1, 0.15) is 0 Å². The van der Waals surface area contributed by atoms with Gasteiger partial charge in [0, 0.05) is 19.0 Å². The molecule has 22 heavy (non-hydrogen) atoms. The van der Waals surface area contributed by atoms with Gasteiger partial charge in [-0.25, -0.2) is 0 Å². The molecule has 2 aromatic rings. The van der Waals surface area contributed by atoms with Gasteiger partial charge < -0.3 is 9.80 Å². The molecule has 5 nitrogen and oxygen atoms in total. The molecule has 0 N–H and O–H groups in total. The number of hydrogen-bond acceptors (Lipinski definition) is 3. The highest BCUT2D eigenvalue weighted by Gasteiger charge is 2.30. The molecular weight excluding hydrogens is 276 g/mol. The van der Waals surface area contributed by atoms with Gasteiger partial charge in [-0.05, 0) is 51.0 Å². The molecule has 1 aromatic carbocycles. The van der Waals surface area contributed by atoms with E-state index in [1.807, 2.05) is 34.8 Å². The third kappa shape index (κ3) is 2.11. The van der Waals surface area contributed by atoms with E-state index in [9.17, 15) is 4.79 Å². The van der Waals surface area contributed by atoms with E-state index in [-0.39, 0.29) is 5.91 Å². The third-order valence-corrected chi connectivity index (χ3v) is 5.13. The van der Waals surface area contributed by atoms with Crippen LogP contribution in [0.4, 0.5) is 0 Å². The second kappa shape index (κ2) is 5.09. The molecule has 5 heteroatoms. The fourth-order valence-corrected chi connectivity index (χ4v) is 3.81. The molecule has 2 aliphatic rings. The Morgan fingerprint density at radius 1 is 1.23 bits per heavy atom. The summed E-state index contributed by atoms with van der Waals surface area (Å²) in [5.41, 5.74) is 2.92. The number of amides is 1. The molecule has 116 valence electrons. The first-order chi connectivity index (χ1) is 10.6. The molecule has 1 saturated heterocycles. The minimum absolute atomic E-state index is 0.171. The SMILES string of the molecule is CN1CCC(CN2Cc3nn(C)c4cccc(c34)C2=O)CC1. The summed E-state index contributed by atoms with van der Waals surface area (Å²) in [6.07, 6.45) is 2.36. The summed E-state index contributed by atoms with van der Waals surface area (Å²) < 4.78 is 1.89. The van der Waals surface area contributed by atoms with Gasteiger partial charge in [0.2, 0.25) is 0 Å². The smallest absolute Gasteiger partial charge is 0.254 e. The number of piperidine rings is 1. The molecule has 0 unspecified atom stereocenters. The van der Waals surface area contributed by atoms with Crippen molar-refractivity contribution in [2.45, 2.75) is 19.4 Å². The number of likely N-dealkylation sites (tertiary alicyclic amines) is 1. The number of rotatable bonds is 2. The average Bonchev–Trinajstić information content (AvgIpc) is 2.84. The summed E-state index contributed by atoms with van der Waals surface area (Å²) in [6, 6.07) is 5.94. The molecule has 1 fully saturated rings. The van der Waals surface area contributed by atoms with Gasteiger partial charge in [0.15, 0.2) is 0 Å². The van der Waals surface area contributed by atoms with Gasteiger partial charge in [-0.2, -0.15) is 5.10 Å². The Bertz CT molecular complexity index is 728. The number of carbonyl (C=O) groups excluding carboxylic acids is 1. The van der Waals surface area contributed by atoms with Crippen LogP contribution in [0, 0.1) is 5.92 Å². The van der Waals surface area contributed by atoms with Crippen LogP contribution in [-0.4, -0.2) is 52.2 Å². The predicted octanol–water partition coefficient (Wildman–Crippen LogP) is 1.87. The highest BCUT2D eigenvalue weighted by Crippen LogP contribution is 2.30. The van der Waals surface area contributed by atoms with Gasteiger partial charge in [0.25, 0.3) is 5.91 Å². The number of aryl methyl sites for hydroxylation is 1. The normalized spacial score (nSPS) is 20.1. The maximum Gasteiger partial charge on any atom is 0.254 e. The van der Waals surface area contributed by atoms with Crippen molar-refractivity contribution in [2.75, 3.05) is 26.7 Å². The molecule has 0 aliphatic carbocycles. The van der Waals surface area contributed by atoms with Crippen molar-refractivity contribution in [2.24, 2.45) is 13.0 Å². The Labute approximate surface area is 130 Å². The molecule has 0 atom stereocenters. The zero-order valence-corrected chi connectivity index (χ0v) is 13.2. The topological polar surface area (TPSA) is 41.4 Å². The van der Waals surface area contributed by atoms with E-state index in [2.05, 4.69) is 17.0 Å². The maximum atomic E-state index is 12.8. The Morgan fingerprint density at radius 3 is 2.77 bits per heavy atom. The van der Waals surface area contributed by atoms with Crippen LogP contribution >= 0.6 is 0 Å². The zero-order valence-electron chi connectivity index (χ0n) is 13.2. The molecule has 1 aromatic heterocycles. The first-order valence-corrected chi connectivity index (χ1v) is 8.06. The van der Waals surface area contributed by atoms with Crippen molar-refractivity contribution in [3.05, 3.63) is 29.5 Å². The first-order valence-electron chi connectivity index (χ1n) is 8.06. The minimum atomic E-state index is 0.171. The highest BCUT2D eigenvalue weighted by atomic mass is 16.2. The summed E-state index contributed by atoms with van der Waals surface area (Å²) in [7, 11) is 4.12.